The molecule has 4 rings (SSSR count). The van der Waals surface area contributed by atoms with Crippen LogP contribution in [0, 0.1) is 0 Å². The summed E-state index contributed by atoms with van der Waals surface area (Å²) in [6, 6.07) is 5.26. The number of aromatic nitrogens is 1. The molecule has 4 heterocycles. The minimum Gasteiger partial charge on any atom is -0.470 e. The van der Waals surface area contributed by atoms with E-state index in [1.807, 2.05) is 0 Å². The van der Waals surface area contributed by atoms with E-state index < -0.39 is 5.60 Å². The van der Waals surface area contributed by atoms with Crippen molar-refractivity contribution in [1.29, 1.82) is 0 Å². The van der Waals surface area contributed by atoms with E-state index in [1.54, 1.807) is 34.2 Å². The van der Waals surface area contributed by atoms with Crippen molar-refractivity contribution in [2.45, 2.75) is 5.60 Å². The molecule has 2 aliphatic heterocycles. The van der Waals surface area contributed by atoms with Crippen molar-refractivity contribution in [1.82, 2.24) is 9.88 Å². The number of aromatic amines is 1. The maximum Gasteiger partial charge on any atom is 0.270 e. The lowest BCUT2D eigenvalue weighted by Crippen LogP contribution is -2.61. The van der Waals surface area contributed by atoms with Gasteiger partial charge in [0.2, 0.25) is 0 Å². The van der Waals surface area contributed by atoms with Gasteiger partial charge in [0.1, 0.15) is 24.2 Å². The normalized spacial score (nSPS) is 24.6. The predicted molar refractivity (Wildman–Crippen MR) is 87.3 cm³/mol. The summed E-state index contributed by atoms with van der Waals surface area (Å²) in [5, 5.41) is 0. The number of furan rings is 1. The summed E-state index contributed by atoms with van der Waals surface area (Å²) in [5.41, 5.74) is 0.444. The largest absolute Gasteiger partial charge is 0.470 e. The quantitative estimate of drug-likeness (QED) is 0.873. The van der Waals surface area contributed by atoms with Gasteiger partial charge in [-0.05, 0) is 12.1 Å². The Labute approximate surface area is 144 Å². The Morgan fingerprint density at radius 3 is 2.96 bits per heavy atom. The topological polar surface area (TPSA) is 88.0 Å². The number of carbonyl (C=O) groups excluding carboxylic acids is 2. The standard InChI is InChI=1S/C17H19N3O5/c21-15-9-25-17(11-20(15)13-3-6-23-8-13)10-19(5-7-24-12-17)16(22)14-2-1-4-18-14/h1-4,6,8,18H,5,7,9-12H2/t17-/m0/s1. The highest BCUT2D eigenvalue weighted by Crippen LogP contribution is 2.27. The minimum atomic E-state index is -0.760. The Kier molecular flexibility index (Phi) is 4.06. The highest BCUT2D eigenvalue weighted by molar-refractivity contribution is 5.95. The van der Waals surface area contributed by atoms with Crippen LogP contribution in [0.25, 0.3) is 0 Å². The molecule has 2 amide bonds. The Bertz CT molecular complexity index is 742. The number of amides is 2. The molecular formula is C17H19N3O5. The van der Waals surface area contributed by atoms with Crippen molar-refractivity contribution in [3.8, 4) is 0 Å². The van der Waals surface area contributed by atoms with E-state index in [4.69, 9.17) is 13.9 Å². The molecule has 2 aliphatic rings. The van der Waals surface area contributed by atoms with E-state index in [1.165, 1.54) is 12.5 Å². The monoisotopic (exact) mass is 345 g/mol. The first-order chi connectivity index (χ1) is 12.2. The third kappa shape index (κ3) is 3.06. The smallest absolute Gasteiger partial charge is 0.270 e. The summed E-state index contributed by atoms with van der Waals surface area (Å²) >= 11 is 0. The number of morpholine rings is 1. The third-order valence-corrected chi connectivity index (χ3v) is 4.53. The number of rotatable bonds is 2. The van der Waals surface area contributed by atoms with E-state index in [2.05, 4.69) is 4.98 Å². The first-order valence-corrected chi connectivity index (χ1v) is 8.14. The zero-order valence-electron chi connectivity index (χ0n) is 13.6. The average molecular weight is 345 g/mol. The maximum atomic E-state index is 12.7. The number of anilines is 1. The summed E-state index contributed by atoms with van der Waals surface area (Å²) in [7, 11) is 0. The van der Waals surface area contributed by atoms with E-state index in [9.17, 15) is 9.59 Å². The van der Waals surface area contributed by atoms with Gasteiger partial charge in [0.05, 0.1) is 38.3 Å². The Balaban J connectivity index is 1.57. The van der Waals surface area contributed by atoms with Crippen LogP contribution in [0.1, 0.15) is 10.5 Å². The summed E-state index contributed by atoms with van der Waals surface area (Å²) < 4.78 is 16.7. The SMILES string of the molecule is O=C(c1ccc[nH]1)N1CCOC[C@]2(C1)CN(c1ccoc1)C(=O)CO2. The number of nitrogens with one attached hydrogen (secondary N) is 1. The number of nitrogens with zero attached hydrogens (tertiary/aromatic N) is 2. The van der Waals surface area contributed by atoms with Crippen LogP contribution in [-0.4, -0.2) is 66.8 Å². The van der Waals surface area contributed by atoms with E-state index in [0.717, 1.165) is 0 Å². The van der Waals surface area contributed by atoms with E-state index in [0.29, 0.717) is 44.2 Å². The van der Waals surface area contributed by atoms with Gasteiger partial charge in [-0.2, -0.15) is 0 Å². The second-order valence-electron chi connectivity index (χ2n) is 6.30. The maximum absolute atomic E-state index is 12.7. The molecule has 0 unspecified atom stereocenters. The molecule has 8 nitrogen and oxygen atoms in total. The van der Waals surface area contributed by atoms with Gasteiger partial charge in [0, 0.05) is 18.8 Å². The zero-order valence-corrected chi connectivity index (χ0v) is 13.6. The van der Waals surface area contributed by atoms with Crippen molar-refractivity contribution in [2.24, 2.45) is 0 Å². The van der Waals surface area contributed by atoms with Crippen LogP contribution in [0.15, 0.2) is 41.3 Å². The van der Waals surface area contributed by atoms with Crippen LogP contribution in [0.3, 0.4) is 0 Å². The highest BCUT2D eigenvalue weighted by atomic mass is 16.6. The first-order valence-electron chi connectivity index (χ1n) is 8.14. The molecule has 0 aromatic carbocycles. The first kappa shape index (κ1) is 15.9. The van der Waals surface area contributed by atoms with Crippen LogP contribution in [0.5, 0.6) is 0 Å². The molecule has 1 N–H and O–H groups in total. The molecule has 0 bridgehead atoms. The van der Waals surface area contributed by atoms with Crippen molar-refractivity contribution >= 4 is 17.5 Å². The number of carbonyl (C=O) groups is 2. The fourth-order valence-corrected chi connectivity index (χ4v) is 3.26. The summed E-state index contributed by atoms with van der Waals surface area (Å²) in [5.74, 6) is -0.247. The molecule has 8 heteroatoms. The van der Waals surface area contributed by atoms with Crippen LogP contribution >= 0.6 is 0 Å². The van der Waals surface area contributed by atoms with E-state index in [-0.39, 0.29) is 18.4 Å². The van der Waals surface area contributed by atoms with Crippen LogP contribution in [-0.2, 0) is 14.3 Å². The van der Waals surface area contributed by atoms with Gasteiger partial charge in [-0.3, -0.25) is 9.59 Å². The molecule has 25 heavy (non-hydrogen) atoms. The molecule has 2 aromatic heterocycles. The molecule has 132 valence electrons. The summed E-state index contributed by atoms with van der Waals surface area (Å²) in [6.45, 7) is 1.83. The number of hydrogen-bond donors (Lipinski definition) is 1. The minimum absolute atomic E-state index is 0.0565. The van der Waals surface area contributed by atoms with Crippen LogP contribution in [0.2, 0.25) is 0 Å². The molecule has 0 saturated carbocycles. The second kappa shape index (κ2) is 6.38. The second-order valence-corrected chi connectivity index (χ2v) is 6.30. The molecule has 2 aromatic rings. The van der Waals surface area contributed by atoms with Gasteiger partial charge in [-0.15, -0.1) is 0 Å². The van der Waals surface area contributed by atoms with Gasteiger partial charge in [0.25, 0.3) is 11.8 Å². The van der Waals surface area contributed by atoms with Gasteiger partial charge in [-0.1, -0.05) is 0 Å². The van der Waals surface area contributed by atoms with E-state index >= 15 is 0 Å². The van der Waals surface area contributed by atoms with Crippen molar-refractivity contribution in [2.75, 3.05) is 44.4 Å². The summed E-state index contributed by atoms with van der Waals surface area (Å²) in [6.07, 6.45) is 4.76. The van der Waals surface area contributed by atoms with Crippen LogP contribution < -0.4 is 4.90 Å². The Morgan fingerprint density at radius 2 is 2.20 bits per heavy atom. The average Bonchev–Trinajstić information content (AvgIpc) is 3.30. The molecule has 2 saturated heterocycles. The third-order valence-electron chi connectivity index (χ3n) is 4.53. The number of hydrogen-bond acceptors (Lipinski definition) is 5. The van der Waals surface area contributed by atoms with Gasteiger partial charge >= 0.3 is 0 Å². The Morgan fingerprint density at radius 1 is 1.28 bits per heavy atom. The van der Waals surface area contributed by atoms with Crippen molar-refractivity contribution < 1.29 is 23.5 Å². The van der Waals surface area contributed by atoms with Crippen LogP contribution in [0.4, 0.5) is 5.69 Å². The molecule has 2 fully saturated rings. The number of ether oxygens (including phenoxy) is 2. The fourth-order valence-electron chi connectivity index (χ4n) is 3.26. The van der Waals surface area contributed by atoms with Gasteiger partial charge in [-0.25, -0.2) is 0 Å². The summed E-state index contributed by atoms with van der Waals surface area (Å²) in [4.78, 5) is 31.2. The number of H-pyrrole nitrogens is 1. The lowest BCUT2D eigenvalue weighted by Gasteiger charge is -2.42. The molecule has 0 radical (unpaired) electrons. The van der Waals surface area contributed by atoms with Gasteiger partial charge in [0.15, 0.2) is 0 Å². The molecular weight excluding hydrogens is 326 g/mol. The molecule has 0 aliphatic carbocycles. The molecule has 1 spiro atoms. The lowest BCUT2D eigenvalue weighted by molar-refractivity contribution is -0.145. The fraction of sp³-hybridized carbons (Fsp3) is 0.412. The van der Waals surface area contributed by atoms with Crippen molar-refractivity contribution in [3.63, 3.8) is 0 Å². The lowest BCUT2D eigenvalue weighted by atomic mass is 10.0. The molecule has 1 atom stereocenters. The Hall–Kier alpha value is -2.58. The van der Waals surface area contributed by atoms with Gasteiger partial charge < -0.3 is 28.7 Å². The highest BCUT2D eigenvalue weighted by Gasteiger charge is 2.44. The van der Waals surface area contributed by atoms with Crippen molar-refractivity contribution in [3.05, 3.63) is 42.6 Å². The zero-order chi connectivity index (χ0) is 17.3. The predicted octanol–water partition coefficient (Wildman–Crippen LogP) is 0.882.